The van der Waals surface area contributed by atoms with E-state index < -0.39 is 11.9 Å². The number of carboxylic acids is 1. The quantitative estimate of drug-likeness (QED) is 0.922. The van der Waals surface area contributed by atoms with Crippen LogP contribution in [0.5, 0.6) is 0 Å². The third kappa shape index (κ3) is 2.69. The van der Waals surface area contributed by atoms with Crippen molar-refractivity contribution in [2.75, 3.05) is 6.54 Å². The van der Waals surface area contributed by atoms with Crippen LogP contribution in [0.25, 0.3) is 0 Å². The van der Waals surface area contributed by atoms with Gasteiger partial charge < -0.3 is 10.0 Å². The van der Waals surface area contributed by atoms with E-state index in [0.29, 0.717) is 25.8 Å². The Bertz CT molecular complexity index is 510. The molecule has 4 nitrogen and oxygen atoms in total. The molecule has 4 heteroatoms. The Balaban J connectivity index is 2.51. The van der Waals surface area contributed by atoms with E-state index in [9.17, 15) is 14.7 Å². The van der Waals surface area contributed by atoms with E-state index in [-0.39, 0.29) is 11.9 Å². The molecule has 0 saturated carbocycles. The predicted molar refractivity (Wildman–Crippen MR) is 76.3 cm³/mol. The van der Waals surface area contributed by atoms with Gasteiger partial charge in [0.05, 0.1) is 12.0 Å². The van der Waals surface area contributed by atoms with Crippen LogP contribution in [-0.4, -0.2) is 28.4 Å². The summed E-state index contributed by atoms with van der Waals surface area (Å²) in [6.07, 6.45) is 1.64. The van der Waals surface area contributed by atoms with Gasteiger partial charge in [0, 0.05) is 13.0 Å². The molecule has 20 heavy (non-hydrogen) atoms. The van der Waals surface area contributed by atoms with E-state index in [0.717, 1.165) is 11.1 Å². The minimum Gasteiger partial charge on any atom is -0.481 e. The Kier molecular flexibility index (Phi) is 4.42. The van der Waals surface area contributed by atoms with Gasteiger partial charge in [-0.25, -0.2) is 0 Å². The molecule has 1 aliphatic rings. The van der Waals surface area contributed by atoms with Crippen molar-refractivity contribution in [1.82, 2.24) is 4.90 Å². The lowest BCUT2D eigenvalue weighted by Gasteiger charge is -2.34. The number of aliphatic carboxylic acids is 1. The van der Waals surface area contributed by atoms with Crippen LogP contribution in [0.1, 0.15) is 43.4 Å². The van der Waals surface area contributed by atoms with Crippen LogP contribution in [0, 0.1) is 12.8 Å². The fourth-order valence-electron chi connectivity index (χ4n) is 3.08. The summed E-state index contributed by atoms with van der Waals surface area (Å²) >= 11 is 0. The summed E-state index contributed by atoms with van der Waals surface area (Å²) in [5.74, 6) is -1.28. The van der Waals surface area contributed by atoms with Gasteiger partial charge in [-0.1, -0.05) is 24.3 Å². The van der Waals surface area contributed by atoms with Crippen LogP contribution in [0.15, 0.2) is 24.3 Å². The first-order chi connectivity index (χ1) is 9.56. The van der Waals surface area contributed by atoms with Crippen molar-refractivity contribution in [1.29, 1.82) is 0 Å². The summed E-state index contributed by atoms with van der Waals surface area (Å²) < 4.78 is 0. The average molecular weight is 275 g/mol. The molecule has 2 unspecified atom stereocenters. The molecule has 0 aromatic heterocycles. The number of aryl methyl sites for hydroxylation is 1. The van der Waals surface area contributed by atoms with Gasteiger partial charge in [-0.05, 0) is 37.8 Å². The molecule has 1 saturated heterocycles. The lowest BCUT2D eigenvalue weighted by molar-refractivity contribution is -0.146. The molecule has 0 spiro atoms. The lowest BCUT2D eigenvalue weighted by atomic mass is 9.87. The maximum Gasteiger partial charge on any atom is 0.308 e. The normalized spacial score (nSPS) is 23.5. The molecular formula is C16H21NO3. The van der Waals surface area contributed by atoms with E-state index in [1.165, 1.54) is 0 Å². The SMILES string of the molecule is CCN1C(=O)CCCC(C(=O)O)C1c1ccccc1C. The van der Waals surface area contributed by atoms with Crippen molar-refractivity contribution in [3.63, 3.8) is 0 Å². The molecule has 1 amide bonds. The summed E-state index contributed by atoms with van der Waals surface area (Å²) in [5, 5.41) is 9.55. The topological polar surface area (TPSA) is 57.6 Å². The minimum atomic E-state index is -0.814. The van der Waals surface area contributed by atoms with Crippen LogP contribution < -0.4 is 0 Å². The fourth-order valence-corrected chi connectivity index (χ4v) is 3.08. The number of rotatable bonds is 3. The van der Waals surface area contributed by atoms with E-state index >= 15 is 0 Å². The zero-order valence-electron chi connectivity index (χ0n) is 12.0. The lowest BCUT2D eigenvalue weighted by Crippen LogP contribution is -2.39. The highest BCUT2D eigenvalue weighted by molar-refractivity contribution is 5.80. The second-order valence-electron chi connectivity index (χ2n) is 5.32. The van der Waals surface area contributed by atoms with Crippen LogP contribution in [0.3, 0.4) is 0 Å². The van der Waals surface area contributed by atoms with Crippen LogP contribution in [0.4, 0.5) is 0 Å². The number of hydrogen-bond acceptors (Lipinski definition) is 2. The van der Waals surface area contributed by atoms with E-state index in [1.54, 1.807) is 4.90 Å². The van der Waals surface area contributed by atoms with Gasteiger partial charge in [0.2, 0.25) is 5.91 Å². The zero-order valence-corrected chi connectivity index (χ0v) is 12.0. The van der Waals surface area contributed by atoms with Gasteiger partial charge in [-0.15, -0.1) is 0 Å². The highest BCUT2D eigenvalue weighted by atomic mass is 16.4. The van der Waals surface area contributed by atoms with Gasteiger partial charge in [0.25, 0.3) is 0 Å². The van der Waals surface area contributed by atoms with Crippen molar-refractivity contribution >= 4 is 11.9 Å². The summed E-state index contributed by atoms with van der Waals surface area (Å²) in [6, 6.07) is 7.40. The van der Waals surface area contributed by atoms with Gasteiger partial charge >= 0.3 is 5.97 Å². The maximum absolute atomic E-state index is 12.2. The van der Waals surface area contributed by atoms with E-state index in [4.69, 9.17) is 0 Å². The molecular weight excluding hydrogens is 254 g/mol. The molecule has 0 bridgehead atoms. The average Bonchev–Trinajstić information content (AvgIpc) is 2.58. The second-order valence-corrected chi connectivity index (χ2v) is 5.32. The molecule has 1 fully saturated rings. The Labute approximate surface area is 119 Å². The number of nitrogens with zero attached hydrogens (tertiary/aromatic N) is 1. The number of hydrogen-bond donors (Lipinski definition) is 1. The van der Waals surface area contributed by atoms with Crippen molar-refractivity contribution < 1.29 is 14.7 Å². The van der Waals surface area contributed by atoms with Gasteiger partial charge in [-0.2, -0.15) is 0 Å². The second kappa shape index (κ2) is 6.07. The molecule has 2 atom stereocenters. The Morgan fingerprint density at radius 3 is 2.70 bits per heavy atom. The van der Waals surface area contributed by atoms with Gasteiger partial charge in [0.1, 0.15) is 0 Å². The standard InChI is InChI=1S/C16H21NO3/c1-3-17-14(18)10-6-9-13(16(19)20)15(17)12-8-5-4-7-11(12)2/h4-5,7-8,13,15H,3,6,9-10H2,1-2H3,(H,19,20). The number of amides is 1. The van der Waals surface area contributed by atoms with Crippen molar-refractivity contribution in [2.45, 2.75) is 39.2 Å². The predicted octanol–water partition coefficient (Wildman–Crippen LogP) is 2.77. The summed E-state index contributed by atoms with van der Waals surface area (Å²) in [5.41, 5.74) is 1.99. The monoisotopic (exact) mass is 275 g/mol. The fraction of sp³-hybridized carbons (Fsp3) is 0.500. The molecule has 0 radical (unpaired) electrons. The largest absolute Gasteiger partial charge is 0.481 e. The van der Waals surface area contributed by atoms with Crippen molar-refractivity contribution in [3.8, 4) is 0 Å². The van der Waals surface area contributed by atoms with E-state index in [2.05, 4.69) is 0 Å². The number of benzene rings is 1. The third-order valence-corrected chi connectivity index (χ3v) is 4.11. The van der Waals surface area contributed by atoms with Crippen molar-refractivity contribution in [3.05, 3.63) is 35.4 Å². The number of carbonyl (C=O) groups excluding carboxylic acids is 1. The Morgan fingerprint density at radius 2 is 2.10 bits per heavy atom. The first-order valence-corrected chi connectivity index (χ1v) is 7.14. The summed E-state index contributed by atoms with van der Waals surface area (Å²) in [6.45, 7) is 4.42. The third-order valence-electron chi connectivity index (χ3n) is 4.11. The van der Waals surface area contributed by atoms with E-state index in [1.807, 2.05) is 38.1 Å². The molecule has 108 valence electrons. The number of carbonyl (C=O) groups is 2. The highest BCUT2D eigenvalue weighted by Gasteiger charge is 2.38. The van der Waals surface area contributed by atoms with Crippen LogP contribution >= 0.6 is 0 Å². The smallest absolute Gasteiger partial charge is 0.308 e. The Morgan fingerprint density at radius 1 is 1.40 bits per heavy atom. The first kappa shape index (κ1) is 14.6. The van der Waals surface area contributed by atoms with Crippen LogP contribution in [-0.2, 0) is 9.59 Å². The number of likely N-dealkylation sites (tertiary alicyclic amines) is 1. The summed E-state index contributed by atoms with van der Waals surface area (Å²) in [7, 11) is 0. The molecule has 1 aromatic carbocycles. The molecule has 1 N–H and O–H groups in total. The molecule has 1 heterocycles. The molecule has 0 aliphatic carbocycles. The number of carboxylic acid groups (broad SMARTS) is 1. The Hall–Kier alpha value is -1.84. The van der Waals surface area contributed by atoms with Crippen molar-refractivity contribution in [2.24, 2.45) is 5.92 Å². The highest BCUT2D eigenvalue weighted by Crippen LogP contribution is 2.37. The zero-order chi connectivity index (χ0) is 14.7. The molecule has 1 aliphatic heterocycles. The maximum atomic E-state index is 12.2. The van der Waals surface area contributed by atoms with Gasteiger partial charge in [-0.3, -0.25) is 9.59 Å². The first-order valence-electron chi connectivity index (χ1n) is 7.14. The van der Waals surface area contributed by atoms with Crippen LogP contribution in [0.2, 0.25) is 0 Å². The van der Waals surface area contributed by atoms with Gasteiger partial charge in [0.15, 0.2) is 0 Å². The molecule has 2 rings (SSSR count). The molecule has 1 aromatic rings. The summed E-state index contributed by atoms with van der Waals surface area (Å²) in [4.78, 5) is 25.6. The minimum absolute atomic E-state index is 0.0597.